The summed E-state index contributed by atoms with van der Waals surface area (Å²) in [6, 6.07) is 29.9. The minimum Gasteiger partial charge on any atom is -0.167 e. The summed E-state index contributed by atoms with van der Waals surface area (Å²) in [5.41, 5.74) is 5.10. The maximum atomic E-state index is 2.22. The van der Waals surface area contributed by atoms with Crippen molar-refractivity contribution in [2.45, 2.75) is 11.5 Å². The molecule has 0 atom stereocenters. The van der Waals surface area contributed by atoms with Crippen LogP contribution in [-0.2, 0) is 11.5 Å². The van der Waals surface area contributed by atoms with E-state index in [-0.39, 0.29) is 0 Å². The highest BCUT2D eigenvalue weighted by atomic mass is 32.2. The first-order valence-electron chi connectivity index (χ1n) is 9.07. The van der Waals surface area contributed by atoms with E-state index in [1.165, 1.54) is 22.5 Å². The third-order valence-corrected chi connectivity index (χ3v) is 5.51. The molecule has 0 unspecified atom stereocenters. The Balaban J connectivity index is 1.32. The molecule has 0 aliphatic rings. The van der Waals surface area contributed by atoms with Crippen molar-refractivity contribution >= 4 is 11.8 Å². The van der Waals surface area contributed by atoms with Gasteiger partial charge in [0.25, 0.3) is 0 Å². The molecule has 0 bridgehead atoms. The topological polar surface area (TPSA) is 7.76 Å². The second kappa shape index (κ2) is 8.65. The van der Waals surface area contributed by atoms with E-state index in [1.54, 1.807) is 0 Å². The van der Waals surface area contributed by atoms with Crippen LogP contribution in [0.2, 0.25) is 0 Å². The molecule has 0 aliphatic carbocycles. The van der Waals surface area contributed by atoms with Gasteiger partial charge in [0.2, 0.25) is 11.4 Å². The van der Waals surface area contributed by atoms with Gasteiger partial charge in [-0.2, -0.15) is 20.9 Å². The maximum absolute atomic E-state index is 2.22. The molecule has 2 heterocycles. The van der Waals surface area contributed by atoms with Crippen molar-refractivity contribution in [3.05, 3.63) is 121 Å². The van der Waals surface area contributed by atoms with Gasteiger partial charge in [0.15, 0.2) is 24.8 Å². The summed E-state index contributed by atoms with van der Waals surface area (Å²) >= 11 is 1.95. The molecular weight excluding hydrogens is 348 g/mol. The number of benzene rings is 2. The highest BCUT2D eigenvalue weighted by molar-refractivity contribution is 7.97. The van der Waals surface area contributed by atoms with E-state index in [0.29, 0.717) is 0 Å². The lowest BCUT2D eigenvalue weighted by Gasteiger charge is -2.03. The summed E-state index contributed by atoms with van der Waals surface area (Å²) in [4.78, 5) is 0. The molecule has 4 rings (SSSR count). The third-order valence-electron chi connectivity index (χ3n) is 4.44. The van der Waals surface area contributed by atoms with Gasteiger partial charge in [-0.05, 0) is 11.1 Å². The number of rotatable bonds is 6. The molecule has 3 heteroatoms. The van der Waals surface area contributed by atoms with Crippen molar-refractivity contribution < 1.29 is 9.13 Å². The Morgan fingerprint density at radius 3 is 1.22 bits per heavy atom. The molecule has 2 nitrogen and oxygen atoms in total. The molecule has 0 N–H and O–H groups in total. The van der Waals surface area contributed by atoms with Crippen LogP contribution >= 0.6 is 11.8 Å². The van der Waals surface area contributed by atoms with E-state index in [9.17, 15) is 0 Å². The van der Waals surface area contributed by atoms with Gasteiger partial charge < -0.3 is 0 Å². The Labute approximate surface area is 164 Å². The first-order valence-corrected chi connectivity index (χ1v) is 10.2. The zero-order valence-electron chi connectivity index (χ0n) is 15.1. The SMILES string of the molecule is c1cc[n+](-c2ccc(CSCc3ccc(-[n+]4ccccc4)cc3)cc2)cc1. The van der Waals surface area contributed by atoms with Crippen molar-refractivity contribution in [2.24, 2.45) is 0 Å². The summed E-state index contributed by atoms with van der Waals surface area (Å²) in [7, 11) is 0. The number of hydrogen-bond donors (Lipinski definition) is 0. The smallest absolute Gasteiger partial charge is 0.167 e. The van der Waals surface area contributed by atoms with Crippen LogP contribution in [0.5, 0.6) is 0 Å². The van der Waals surface area contributed by atoms with Crippen LogP contribution in [-0.4, -0.2) is 0 Å². The van der Waals surface area contributed by atoms with Crippen LogP contribution in [0, 0.1) is 0 Å². The van der Waals surface area contributed by atoms with Gasteiger partial charge in [-0.3, -0.25) is 0 Å². The fraction of sp³-hybridized carbons (Fsp3) is 0.0833. The third kappa shape index (κ3) is 4.63. The lowest BCUT2D eigenvalue weighted by Crippen LogP contribution is -2.28. The van der Waals surface area contributed by atoms with Crippen molar-refractivity contribution in [3.63, 3.8) is 0 Å². The summed E-state index contributed by atoms with van der Waals surface area (Å²) in [6.45, 7) is 0. The van der Waals surface area contributed by atoms with Gasteiger partial charge in [-0.15, -0.1) is 0 Å². The normalized spacial score (nSPS) is 10.7. The number of aromatic nitrogens is 2. The predicted octanol–water partition coefficient (Wildman–Crippen LogP) is 4.67. The molecule has 4 aromatic rings. The zero-order valence-corrected chi connectivity index (χ0v) is 15.9. The van der Waals surface area contributed by atoms with Gasteiger partial charge in [0.05, 0.1) is 0 Å². The van der Waals surface area contributed by atoms with Crippen molar-refractivity contribution in [2.75, 3.05) is 0 Å². The van der Waals surface area contributed by atoms with Crippen LogP contribution in [0.25, 0.3) is 11.4 Å². The van der Waals surface area contributed by atoms with Crippen LogP contribution < -0.4 is 9.13 Å². The molecule has 2 aromatic heterocycles. The monoisotopic (exact) mass is 370 g/mol. The average molecular weight is 371 g/mol. The van der Waals surface area contributed by atoms with Crippen LogP contribution in [0.4, 0.5) is 0 Å². The Hall–Kier alpha value is -2.91. The highest BCUT2D eigenvalue weighted by Crippen LogP contribution is 2.18. The van der Waals surface area contributed by atoms with Crippen molar-refractivity contribution in [3.8, 4) is 11.4 Å². The molecule has 0 saturated heterocycles. The number of pyridine rings is 2. The minimum absolute atomic E-state index is 1.02. The number of hydrogen-bond acceptors (Lipinski definition) is 1. The highest BCUT2D eigenvalue weighted by Gasteiger charge is 2.05. The van der Waals surface area contributed by atoms with Crippen LogP contribution in [0.3, 0.4) is 0 Å². The molecule has 0 radical (unpaired) electrons. The van der Waals surface area contributed by atoms with E-state index < -0.39 is 0 Å². The molecular formula is C24H22N2S+2. The molecule has 132 valence electrons. The summed E-state index contributed by atoms with van der Waals surface area (Å²) in [6.07, 6.45) is 8.28. The number of thioether (sulfide) groups is 1. The Bertz CT molecular complexity index is 883. The van der Waals surface area contributed by atoms with Gasteiger partial charge in [0, 0.05) is 60.0 Å². The molecule has 0 fully saturated rings. The largest absolute Gasteiger partial charge is 0.210 e. The molecule has 27 heavy (non-hydrogen) atoms. The van der Waals surface area contributed by atoms with E-state index in [1.807, 2.05) is 48.2 Å². The van der Waals surface area contributed by atoms with Crippen molar-refractivity contribution in [1.82, 2.24) is 0 Å². The Morgan fingerprint density at radius 1 is 0.481 bits per heavy atom. The summed E-state index contributed by atoms with van der Waals surface area (Å²) in [5, 5.41) is 0. The Kier molecular flexibility index (Phi) is 5.61. The fourth-order valence-electron chi connectivity index (χ4n) is 2.96. The second-order valence-electron chi connectivity index (χ2n) is 6.39. The summed E-state index contributed by atoms with van der Waals surface area (Å²) < 4.78 is 4.26. The van der Waals surface area contributed by atoms with Crippen molar-refractivity contribution in [1.29, 1.82) is 0 Å². The van der Waals surface area contributed by atoms with Gasteiger partial charge in [-0.25, -0.2) is 0 Å². The molecule has 0 amide bonds. The van der Waals surface area contributed by atoms with E-state index in [4.69, 9.17) is 0 Å². The van der Waals surface area contributed by atoms with E-state index in [2.05, 4.69) is 82.5 Å². The first-order chi connectivity index (χ1) is 13.4. The molecule has 2 aromatic carbocycles. The van der Waals surface area contributed by atoms with Gasteiger partial charge >= 0.3 is 0 Å². The van der Waals surface area contributed by atoms with Crippen LogP contribution in [0.15, 0.2) is 110 Å². The number of nitrogens with zero attached hydrogens (tertiary/aromatic N) is 2. The first kappa shape index (κ1) is 17.5. The Morgan fingerprint density at radius 2 is 0.852 bits per heavy atom. The second-order valence-corrected chi connectivity index (χ2v) is 7.38. The average Bonchev–Trinajstić information content (AvgIpc) is 2.76. The summed E-state index contributed by atoms with van der Waals surface area (Å²) in [5.74, 6) is 2.05. The zero-order chi connectivity index (χ0) is 18.3. The molecule has 0 aliphatic heterocycles. The van der Waals surface area contributed by atoms with E-state index >= 15 is 0 Å². The molecule has 0 saturated carbocycles. The predicted molar refractivity (Wildman–Crippen MR) is 111 cm³/mol. The lowest BCUT2D eigenvalue weighted by atomic mass is 10.2. The molecule has 0 spiro atoms. The van der Waals surface area contributed by atoms with Gasteiger partial charge in [-0.1, -0.05) is 36.4 Å². The lowest BCUT2D eigenvalue weighted by molar-refractivity contribution is -0.596. The van der Waals surface area contributed by atoms with Crippen LogP contribution in [0.1, 0.15) is 11.1 Å². The minimum atomic E-state index is 1.02. The fourth-order valence-corrected chi connectivity index (χ4v) is 3.92. The quantitative estimate of drug-likeness (QED) is 0.448. The standard InChI is InChI=1S/C24H22N2S/c1-3-15-25(16-4-1)23-11-7-21(8-12-23)19-27-20-22-9-13-24(14-10-22)26-17-5-2-6-18-26/h1-18H,19-20H2/q+2. The van der Waals surface area contributed by atoms with E-state index in [0.717, 1.165) is 11.5 Å². The maximum Gasteiger partial charge on any atom is 0.210 e. The van der Waals surface area contributed by atoms with Gasteiger partial charge in [0.1, 0.15) is 0 Å².